The molecule has 1 fully saturated rings. The van der Waals surface area contributed by atoms with Crippen molar-refractivity contribution in [3.63, 3.8) is 0 Å². The van der Waals surface area contributed by atoms with Crippen molar-refractivity contribution in [3.05, 3.63) is 59.7 Å². The van der Waals surface area contributed by atoms with Gasteiger partial charge in [-0.25, -0.2) is 0 Å². The van der Waals surface area contributed by atoms with Crippen LogP contribution < -0.4 is 20.3 Å². The summed E-state index contributed by atoms with van der Waals surface area (Å²) in [7, 11) is 3.55. The van der Waals surface area contributed by atoms with Gasteiger partial charge in [-0.3, -0.25) is 4.99 Å². The fraction of sp³-hybridized carbons (Fsp3) is 0.458. The van der Waals surface area contributed by atoms with Crippen LogP contribution in [0.15, 0.2) is 53.5 Å². The number of nitrogens with zero attached hydrogens (tertiary/aromatic N) is 2. The zero-order valence-electron chi connectivity index (χ0n) is 18.1. The minimum absolute atomic E-state index is 0.434. The van der Waals surface area contributed by atoms with E-state index in [9.17, 15) is 0 Å². The molecule has 2 aromatic carbocycles. The topological polar surface area (TPSA) is 48.9 Å². The maximum absolute atomic E-state index is 5.36. The summed E-state index contributed by atoms with van der Waals surface area (Å²) >= 11 is 0. The molecule has 5 heteroatoms. The molecule has 0 amide bonds. The lowest BCUT2D eigenvalue weighted by Gasteiger charge is -2.20. The molecule has 0 spiro atoms. The van der Waals surface area contributed by atoms with E-state index in [0.717, 1.165) is 37.9 Å². The van der Waals surface area contributed by atoms with Crippen molar-refractivity contribution in [2.45, 2.75) is 26.2 Å². The van der Waals surface area contributed by atoms with Crippen LogP contribution in [0.1, 0.15) is 30.4 Å². The molecular weight excluding hydrogens is 360 g/mol. The largest absolute Gasteiger partial charge is 0.497 e. The molecule has 2 atom stereocenters. The van der Waals surface area contributed by atoms with Crippen LogP contribution in [-0.2, 0) is 0 Å². The molecule has 2 N–H and O–H groups in total. The van der Waals surface area contributed by atoms with Crippen molar-refractivity contribution < 1.29 is 4.74 Å². The number of aryl methyl sites for hydroxylation is 1. The van der Waals surface area contributed by atoms with Crippen molar-refractivity contribution in [1.29, 1.82) is 0 Å². The average Bonchev–Trinajstić information content (AvgIpc) is 3.23. The second kappa shape index (κ2) is 10.2. The maximum Gasteiger partial charge on any atom is 0.191 e. The number of nitrogens with one attached hydrogen (secondary N) is 2. The zero-order valence-corrected chi connectivity index (χ0v) is 18.1. The molecule has 156 valence electrons. The van der Waals surface area contributed by atoms with Gasteiger partial charge in [-0.2, -0.15) is 0 Å². The smallest absolute Gasteiger partial charge is 0.191 e. The Balaban J connectivity index is 1.44. The highest BCUT2D eigenvalue weighted by Crippen LogP contribution is 2.26. The second-order valence-corrected chi connectivity index (χ2v) is 7.95. The summed E-state index contributed by atoms with van der Waals surface area (Å²) in [6.45, 7) is 8.29. The highest BCUT2D eigenvalue weighted by Gasteiger charge is 2.23. The quantitative estimate of drug-likeness (QED) is 0.554. The molecule has 1 aliphatic rings. The summed E-state index contributed by atoms with van der Waals surface area (Å²) in [4.78, 5) is 6.83. The predicted molar refractivity (Wildman–Crippen MR) is 122 cm³/mol. The number of benzene rings is 2. The standard InChI is InChI=1S/C24H34N4O/c1-18-8-10-21(11-9-18)19(2)15-26-24(25-3)27-16-20-12-13-28(17-20)22-6-5-7-23(14-22)29-4/h5-11,14,19-20H,12-13,15-17H2,1-4H3,(H2,25,26,27). The van der Waals surface area contributed by atoms with Gasteiger partial charge in [0.2, 0.25) is 0 Å². The normalized spacial score (nSPS) is 17.9. The van der Waals surface area contributed by atoms with E-state index in [-0.39, 0.29) is 0 Å². The Morgan fingerprint density at radius 3 is 2.72 bits per heavy atom. The number of aliphatic imine (C=N–C) groups is 1. The molecule has 1 saturated heterocycles. The van der Waals surface area contributed by atoms with Gasteiger partial charge in [-0.1, -0.05) is 42.8 Å². The van der Waals surface area contributed by atoms with Crippen LogP contribution in [-0.4, -0.2) is 46.3 Å². The first-order chi connectivity index (χ1) is 14.1. The number of methoxy groups -OCH3 is 1. The Kier molecular flexibility index (Phi) is 7.39. The summed E-state index contributed by atoms with van der Waals surface area (Å²) in [5.74, 6) is 2.83. The van der Waals surface area contributed by atoms with Crippen LogP contribution in [0.5, 0.6) is 5.75 Å². The Hall–Kier alpha value is -2.69. The lowest BCUT2D eigenvalue weighted by Crippen LogP contribution is -2.41. The Morgan fingerprint density at radius 2 is 2.00 bits per heavy atom. The van der Waals surface area contributed by atoms with Crippen molar-refractivity contribution in [2.24, 2.45) is 10.9 Å². The van der Waals surface area contributed by atoms with Gasteiger partial charge in [0.15, 0.2) is 5.96 Å². The third-order valence-corrected chi connectivity index (χ3v) is 5.71. The maximum atomic E-state index is 5.36. The van der Waals surface area contributed by atoms with Gasteiger partial charge in [0.1, 0.15) is 5.75 Å². The first-order valence-corrected chi connectivity index (χ1v) is 10.5. The van der Waals surface area contributed by atoms with Crippen molar-refractivity contribution in [1.82, 2.24) is 10.6 Å². The molecule has 5 nitrogen and oxygen atoms in total. The predicted octanol–water partition coefficient (Wildman–Crippen LogP) is 3.80. The Morgan fingerprint density at radius 1 is 1.21 bits per heavy atom. The fourth-order valence-electron chi connectivity index (χ4n) is 3.77. The minimum Gasteiger partial charge on any atom is -0.497 e. The van der Waals surface area contributed by atoms with E-state index < -0.39 is 0 Å². The third-order valence-electron chi connectivity index (χ3n) is 5.71. The van der Waals surface area contributed by atoms with Gasteiger partial charge in [0, 0.05) is 45.0 Å². The van der Waals surface area contributed by atoms with Gasteiger partial charge in [-0.05, 0) is 42.9 Å². The molecule has 1 heterocycles. The molecular formula is C24H34N4O. The van der Waals surface area contributed by atoms with Gasteiger partial charge < -0.3 is 20.3 Å². The monoisotopic (exact) mass is 394 g/mol. The van der Waals surface area contributed by atoms with Crippen LogP contribution >= 0.6 is 0 Å². The van der Waals surface area contributed by atoms with Crippen molar-refractivity contribution in [3.8, 4) is 5.75 Å². The minimum atomic E-state index is 0.434. The molecule has 0 radical (unpaired) electrons. The van der Waals surface area contributed by atoms with Crippen molar-refractivity contribution in [2.75, 3.05) is 45.2 Å². The van der Waals surface area contributed by atoms with Crippen LogP contribution in [0.2, 0.25) is 0 Å². The molecule has 0 bridgehead atoms. The first-order valence-electron chi connectivity index (χ1n) is 10.5. The van der Waals surface area contributed by atoms with Crippen LogP contribution in [0.4, 0.5) is 5.69 Å². The van der Waals surface area contributed by atoms with Crippen LogP contribution in [0, 0.1) is 12.8 Å². The number of rotatable bonds is 7. The fourth-order valence-corrected chi connectivity index (χ4v) is 3.77. The Labute approximate surface area is 175 Å². The van der Waals surface area contributed by atoms with E-state index in [4.69, 9.17) is 4.74 Å². The van der Waals surface area contributed by atoms with E-state index in [1.54, 1.807) is 7.11 Å². The second-order valence-electron chi connectivity index (χ2n) is 7.95. The summed E-state index contributed by atoms with van der Waals surface area (Å²) in [5.41, 5.74) is 3.88. The van der Waals surface area contributed by atoms with Gasteiger partial charge in [0.05, 0.1) is 7.11 Å². The van der Waals surface area contributed by atoms with E-state index >= 15 is 0 Å². The lowest BCUT2D eigenvalue weighted by atomic mass is 10.0. The number of ether oxygens (including phenoxy) is 1. The molecule has 29 heavy (non-hydrogen) atoms. The van der Waals surface area contributed by atoms with E-state index in [2.05, 4.69) is 76.8 Å². The van der Waals surface area contributed by atoms with E-state index in [1.807, 2.05) is 13.1 Å². The van der Waals surface area contributed by atoms with Crippen molar-refractivity contribution >= 4 is 11.6 Å². The highest BCUT2D eigenvalue weighted by molar-refractivity contribution is 5.79. The molecule has 1 aliphatic heterocycles. The molecule has 2 aromatic rings. The lowest BCUT2D eigenvalue weighted by molar-refractivity contribution is 0.415. The van der Waals surface area contributed by atoms with Crippen LogP contribution in [0.3, 0.4) is 0 Å². The summed E-state index contributed by atoms with van der Waals surface area (Å²) < 4.78 is 5.36. The summed E-state index contributed by atoms with van der Waals surface area (Å²) in [5, 5.41) is 6.98. The third kappa shape index (κ3) is 5.89. The van der Waals surface area contributed by atoms with Crippen LogP contribution in [0.25, 0.3) is 0 Å². The first kappa shape index (κ1) is 21.0. The number of guanidine groups is 1. The van der Waals surface area contributed by atoms with Gasteiger partial charge in [-0.15, -0.1) is 0 Å². The zero-order chi connectivity index (χ0) is 20.6. The van der Waals surface area contributed by atoms with Gasteiger partial charge >= 0.3 is 0 Å². The average molecular weight is 395 g/mol. The number of anilines is 1. The highest BCUT2D eigenvalue weighted by atomic mass is 16.5. The molecule has 2 unspecified atom stereocenters. The van der Waals surface area contributed by atoms with E-state index in [1.165, 1.54) is 23.2 Å². The number of hydrogen-bond acceptors (Lipinski definition) is 3. The molecule has 0 aromatic heterocycles. The Bertz CT molecular complexity index is 803. The molecule has 3 rings (SSSR count). The van der Waals surface area contributed by atoms with E-state index in [0.29, 0.717) is 11.8 Å². The number of hydrogen-bond donors (Lipinski definition) is 2. The SMILES string of the molecule is CN=C(NCC1CCN(c2cccc(OC)c2)C1)NCC(C)c1ccc(C)cc1. The molecule has 0 aliphatic carbocycles. The summed E-state index contributed by atoms with van der Waals surface area (Å²) in [6, 6.07) is 17.1. The van der Waals surface area contributed by atoms with Gasteiger partial charge in [0.25, 0.3) is 0 Å². The molecule has 0 saturated carbocycles. The summed E-state index contributed by atoms with van der Waals surface area (Å²) in [6.07, 6.45) is 1.18.